The van der Waals surface area contributed by atoms with E-state index in [1.54, 1.807) is 12.1 Å². The number of benzene rings is 2. The Balaban J connectivity index is 1.74. The van der Waals surface area contributed by atoms with Crippen molar-refractivity contribution in [3.63, 3.8) is 0 Å². The van der Waals surface area contributed by atoms with Gasteiger partial charge in [-0.25, -0.2) is 17.9 Å². The first-order chi connectivity index (χ1) is 11.3. The molecule has 0 bridgehead atoms. The lowest BCUT2D eigenvalue weighted by atomic mass is 10.2. The summed E-state index contributed by atoms with van der Waals surface area (Å²) in [6.45, 7) is 0. The number of rotatable bonds is 3. The van der Waals surface area contributed by atoms with Gasteiger partial charge in [0.1, 0.15) is 5.75 Å². The number of hydrogen-bond acceptors (Lipinski definition) is 5. The topological polar surface area (TPSA) is 102 Å². The number of carbonyl (C=O) groups excluding carboxylic acids is 2. The summed E-state index contributed by atoms with van der Waals surface area (Å²) in [5, 5.41) is 2.88. The van der Waals surface area contributed by atoms with E-state index in [9.17, 15) is 18.0 Å². The third-order valence-corrected chi connectivity index (χ3v) is 4.81. The zero-order chi connectivity index (χ0) is 17.3. The van der Waals surface area contributed by atoms with Crippen LogP contribution >= 0.6 is 11.6 Å². The minimum Gasteiger partial charge on any atom is -0.426 e. The number of carbonyl (C=O) groups is 2. The van der Waals surface area contributed by atoms with Gasteiger partial charge in [0.25, 0.3) is 10.0 Å². The van der Waals surface area contributed by atoms with Crippen molar-refractivity contribution >= 4 is 39.3 Å². The molecule has 0 atom stereocenters. The van der Waals surface area contributed by atoms with Crippen molar-refractivity contribution in [3.05, 3.63) is 53.1 Å². The molecule has 0 aromatic heterocycles. The Morgan fingerprint density at radius 3 is 2.54 bits per heavy atom. The lowest BCUT2D eigenvalue weighted by molar-refractivity contribution is -0.131. The minimum atomic E-state index is -4.08. The predicted molar refractivity (Wildman–Crippen MR) is 86.6 cm³/mol. The number of sulfonamides is 1. The molecule has 3 rings (SSSR count). The monoisotopic (exact) mass is 366 g/mol. The van der Waals surface area contributed by atoms with Gasteiger partial charge < -0.3 is 10.1 Å². The van der Waals surface area contributed by atoms with Crippen LogP contribution in [-0.2, 0) is 21.2 Å². The number of amides is 2. The molecule has 124 valence electrons. The van der Waals surface area contributed by atoms with Gasteiger partial charge in [-0.05, 0) is 42.5 Å². The first-order valence-corrected chi connectivity index (χ1v) is 8.62. The van der Waals surface area contributed by atoms with Crippen molar-refractivity contribution in [2.45, 2.75) is 11.3 Å². The molecule has 0 radical (unpaired) electrons. The molecule has 2 aromatic carbocycles. The predicted octanol–water partition coefficient (Wildman–Crippen LogP) is 2.31. The summed E-state index contributed by atoms with van der Waals surface area (Å²) in [5.41, 5.74) is 0.848. The molecule has 1 aliphatic rings. The summed E-state index contributed by atoms with van der Waals surface area (Å²) in [6, 6.07) is 9.22. The highest BCUT2D eigenvalue weighted by molar-refractivity contribution is 7.90. The van der Waals surface area contributed by atoms with Crippen LogP contribution in [0, 0.1) is 0 Å². The van der Waals surface area contributed by atoms with Crippen molar-refractivity contribution in [1.29, 1.82) is 0 Å². The quantitative estimate of drug-likeness (QED) is 0.641. The van der Waals surface area contributed by atoms with Crippen LogP contribution in [0.15, 0.2) is 47.4 Å². The standard InChI is InChI=1S/C15H11ClN2O5S/c16-10-1-3-11(4-2-10)17-15(20)18-24(21,22)12-5-6-13-9(7-12)8-14(19)23-13/h1-7H,8H2,(H2,17,18,20). The van der Waals surface area contributed by atoms with E-state index in [2.05, 4.69) is 5.32 Å². The molecule has 0 aliphatic carbocycles. The van der Waals surface area contributed by atoms with Crippen molar-refractivity contribution in [2.75, 3.05) is 5.32 Å². The molecule has 1 heterocycles. The van der Waals surface area contributed by atoms with Crippen LogP contribution < -0.4 is 14.8 Å². The van der Waals surface area contributed by atoms with E-state index in [0.29, 0.717) is 22.0 Å². The van der Waals surface area contributed by atoms with Crippen molar-refractivity contribution in [1.82, 2.24) is 4.72 Å². The molecule has 2 N–H and O–H groups in total. The Hall–Kier alpha value is -2.58. The average molecular weight is 367 g/mol. The van der Waals surface area contributed by atoms with Crippen LogP contribution in [0.1, 0.15) is 5.56 Å². The maximum absolute atomic E-state index is 12.2. The fourth-order valence-corrected chi connectivity index (χ4v) is 3.23. The summed E-state index contributed by atoms with van der Waals surface area (Å²) in [4.78, 5) is 22.9. The Morgan fingerprint density at radius 2 is 1.83 bits per heavy atom. The largest absolute Gasteiger partial charge is 0.426 e. The van der Waals surface area contributed by atoms with Gasteiger partial charge in [-0.1, -0.05) is 11.6 Å². The first kappa shape index (κ1) is 16.3. The van der Waals surface area contributed by atoms with Crippen LogP contribution in [0.3, 0.4) is 0 Å². The van der Waals surface area contributed by atoms with Gasteiger partial charge in [-0.15, -0.1) is 0 Å². The number of nitrogens with one attached hydrogen (secondary N) is 2. The van der Waals surface area contributed by atoms with E-state index in [4.69, 9.17) is 16.3 Å². The van der Waals surface area contributed by atoms with Gasteiger partial charge in [0.2, 0.25) is 0 Å². The number of anilines is 1. The second-order valence-electron chi connectivity index (χ2n) is 4.99. The molecule has 7 nitrogen and oxygen atoms in total. The van der Waals surface area contributed by atoms with Crippen LogP contribution in [0.2, 0.25) is 5.02 Å². The van der Waals surface area contributed by atoms with E-state index in [-0.39, 0.29) is 11.3 Å². The SMILES string of the molecule is O=C(Nc1ccc(Cl)cc1)NS(=O)(=O)c1ccc2c(c1)CC(=O)O2. The van der Waals surface area contributed by atoms with Gasteiger partial charge in [-0.3, -0.25) is 4.79 Å². The zero-order valence-electron chi connectivity index (χ0n) is 12.1. The van der Waals surface area contributed by atoms with E-state index in [0.717, 1.165) is 0 Å². The molecule has 0 fully saturated rings. The molecule has 2 aromatic rings. The number of urea groups is 1. The number of halogens is 1. The van der Waals surface area contributed by atoms with Gasteiger partial charge in [-0.2, -0.15) is 0 Å². The molecule has 9 heteroatoms. The van der Waals surface area contributed by atoms with E-state index in [1.807, 2.05) is 4.72 Å². The third kappa shape index (κ3) is 3.50. The number of hydrogen-bond donors (Lipinski definition) is 2. The minimum absolute atomic E-state index is 0.00430. The van der Waals surface area contributed by atoms with Gasteiger partial charge in [0.05, 0.1) is 11.3 Å². The smallest absolute Gasteiger partial charge is 0.333 e. The number of esters is 1. The molecule has 0 saturated carbocycles. The summed E-state index contributed by atoms with van der Waals surface area (Å²) < 4.78 is 31.3. The summed E-state index contributed by atoms with van der Waals surface area (Å²) >= 11 is 5.73. The molecule has 0 saturated heterocycles. The molecular weight excluding hydrogens is 356 g/mol. The molecule has 0 spiro atoms. The van der Waals surface area contributed by atoms with E-state index < -0.39 is 22.0 Å². The van der Waals surface area contributed by atoms with Crippen molar-refractivity contribution in [3.8, 4) is 5.75 Å². The number of fused-ring (bicyclic) bond motifs is 1. The fraction of sp³-hybridized carbons (Fsp3) is 0.0667. The molecule has 1 aliphatic heterocycles. The third-order valence-electron chi connectivity index (χ3n) is 3.23. The van der Waals surface area contributed by atoms with Gasteiger partial charge in [0, 0.05) is 16.3 Å². The second kappa shape index (κ2) is 6.14. The molecule has 0 unspecified atom stereocenters. The van der Waals surface area contributed by atoms with Crippen LogP contribution in [-0.4, -0.2) is 20.4 Å². The normalized spacial score (nSPS) is 13.1. The average Bonchev–Trinajstić information content (AvgIpc) is 2.88. The second-order valence-corrected chi connectivity index (χ2v) is 7.11. The van der Waals surface area contributed by atoms with Gasteiger partial charge >= 0.3 is 12.0 Å². The lowest BCUT2D eigenvalue weighted by Gasteiger charge is -2.09. The summed E-state index contributed by atoms with van der Waals surface area (Å²) in [7, 11) is -4.08. The first-order valence-electron chi connectivity index (χ1n) is 6.76. The molecule has 2 amide bonds. The molecule has 24 heavy (non-hydrogen) atoms. The summed E-state index contributed by atoms with van der Waals surface area (Å²) in [5.74, 6) is -0.127. The zero-order valence-corrected chi connectivity index (χ0v) is 13.6. The Kier molecular flexibility index (Phi) is 4.16. The Bertz CT molecular complexity index is 925. The summed E-state index contributed by atoms with van der Waals surface area (Å²) in [6.07, 6.45) is -0.00430. The van der Waals surface area contributed by atoms with Crippen LogP contribution in [0.5, 0.6) is 5.75 Å². The Labute approximate surface area is 142 Å². The van der Waals surface area contributed by atoms with Crippen LogP contribution in [0.25, 0.3) is 0 Å². The maximum atomic E-state index is 12.2. The highest BCUT2D eigenvalue weighted by Gasteiger charge is 2.24. The lowest BCUT2D eigenvalue weighted by Crippen LogP contribution is -2.34. The number of ether oxygens (including phenoxy) is 1. The van der Waals surface area contributed by atoms with Crippen molar-refractivity contribution in [2.24, 2.45) is 0 Å². The highest BCUT2D eigenvalue weighted by Crippen LogP contribution is 2.28. The van der Waals surface area contributed by atoms with Crippen LogP contribution in [0.4, 0.5) is 10.5 Å². The van der Waals surface area contributed by atoms with Crippen molar-refractivity contribution < 1.29 is 22.7 Å². The van der Waals surface area contributed by atoms with E-state index in [1.165, 1.54) is 30.3 Å². The Morgan fingerprint density at radius 1 is 1.12 bits per heavy atom. The molecular formula is C15H11ClN2O5S. The maximum Gasteiger partial charge on any atom is 0.333 e. The van der Waals surface area contributed by atoms with Gasteiger partial charge in [0.15, 0.2) is 0 Å². The van der Waals surface area contributed by atoms with E-state index >= 15 is 0 Å². The highest BCUT2D eigenvalue weighted by atomic mass is 35.5. The fourth-order valence-electron chi connectivity index (χ4n) is 2.15.